The van der Waals surface area contributed by atoms with Crippen molar-refractivity contribution in [1.29, 1.82) is 0 Å². The lowest BCUT2D eigenvalue weighted by molar-refractivity contribution is -0.131. The van der Waals surface area contributed by atoms with E-state index in [1.165, 1.54) is 18.2 Å². The zero-order valence-corrected chi connectivity index (χ0v) is 10.5. The molecule has 0 spiro atoms. The molecule has 0 saturated heterocycles. The summed E-state index contributed by atoms with van der Waals surface area (Å²) in [7, 11) is 0. The first-order chi connectivity index (χ1) is 9.97. The van der Waals surface area contributed by atoms with Crippen molar-refractivity contribution in [3.63, 3.8) is 0 Å². The van der Waals surface area contributed by atoms with Crippen LogP contribution in [0.3, 0.4) is 0 Å². The summed E-state index contributed by atoms with van der Waals surface area (Å²) in [5.74, 6) is -4.51. The molecule has 2 aromatic rings. The Hall–Kier alpha value is -2.76. The highest BCUT2D eigenvalue weighted by Gasteiger charge is 2.12. The first kappa shape index (κ1) is 14.6. The molecular weight excluding hydrogens is 285 g/mol. The second-order valence-corrected chi connectivity index (χ2v) is 4.01. The van der Waals surface area contributed by atoms with Crippen LogP contribution in [0.2, 0.25) is 0 Å². The van der Waals surface area contributed by atoms with Crippen LogP contribution in [0, 0.1) is 17.5 Å². The van der Waals surface area contributed by atoms with Gasteiger partial charge in [-0.2, -0.15) is 4.39 Å². The first-order valence-corrected chi connectivity index (χ1v) is 5.80. The first-order valence-electron chi connectivity index (χ1n) is 5.80. The molecule has 0 aliphatic rings. The van der Waals surface area contributed by atoms with Gasteiger partial charge in [0.2, 0.25) is 5.82 Å². The fourth-order valence-electron chi connectivity index (χ4n) is 1.58. The maximum absolute atomic E-state index is 13.5. The Balaban J connectivity index is 2.39. The van der Waals surface area contributed by atoms with Gasteiger partial charge in [-0.1, -0.05) is 6.07 Å². The monoisotopic (exact) mass is 294 g/mol. The van der Waals surface area contributed by atoms with Crippen LogP contribution < -0.4 is 4.74 Å². The Morgan fingerprint density at radius 2 is 1.86 bits per heavy atom. The number of halogens is 3. The van der Waals surface area contributed by atoms with Crippen LogP contribution in [0.5, 0.6) is 11.5 Å². The lowest BCUT2D eigenvalue weighted by Gasteiger charge is -2.10. The third kappa shape index (κ3) is 3.62. The Morgan fingerprint density at radius 1 is 1.10 bits per heavy atom. The summed E-state index contributed by atoms with van der Waals surface area (Å²) < 4.78 is 45.0. The van der Waals surface area contributed by atoms with Gasteiger partial charge in [0.05, 0.1) is 0 Å². The fourth-order valence-corrected chi connectivity index (χ4v) is 1.58. The van der Waals surface area contributed by atoms with Crippen molar-refractivity contribution >= 4 is 12.0 Å². The number of ether oxygens (including phenoxy) is 1. The molecule has 0 amide bonds. The van der Waals surface area contributed by atoms with Gasteiger partial charge in [-0.25, -0.2) is 13.6 Å². The van der Waals surface area contributed by atoms with E-state index in [0.29, 0.717) is 0 Å². The van der Waals surface area contributed by atoms with Crippen molar-refractivity contribution in [2.24, 2.45) is 0 Å². The third-order valence-electron chi connectivity index (χ3n) is 2.51. The van der Waals surface area contributed by atoms with Crippen molar-refractivity contribution in [1.82, 2.24) is 0 Å². The van der Waals surface area contributed by atoms with Crippen LogP contribution in [0.1, 0.15) is 5.56 Å². The van der Waals surface area contributed by atoms with Crippen LogP contribution in [0.25, 0.3) is 6.08 Å². The molecule has 0 aliphatic heterocycles. The van der Waals surface area contributed by atoms with Gasteiger partial charge in [0.25, 0.3) is 0 Å². The van der Waals surface area contributed by atoms with Gasteiger partial charge < -0.3 is 9.84 Å². The minimum absolute atomic E-state index is 0.00148. The lowest BCUT2D eigenvalue weighted by atomic mass is 10.1. The van der Waals surface area contributed by atoms with Crippen molar-refractivity contribution in [3.8, 4) is 11.5 Å². The van der Waals surface area contributed by atoms with Crippen LogP contribution in [0.15, 0.2) is 42.5 Å². The van der Waals surface area contributed by atoms with E-state index in [1.54, 1.807) is 0 Å². The van der Waals surface area contributed by atoms with E-state index in [-0.39, 0.29) is 17.1 Å². The van der Waals surface area contributed by atoms with Crippen LogP contribution in [0.4, 0.5) is 13.2 Å². The normalized spacial score (nSPS) is 10.8. The number of aliphatic carboxylic acids is 1. The second-order valence-electron chi connectivity index (χ2n) is 4.01. The van der Waals surface area contributed by atoms with E-state index in [1.807, 2.05) is 0 Å². The van der Waals surface area contributed by atoms with Gasteiger partial charge in [-0.05, 0) is 36.4 Å². The Kier molecular flexibility index (Phi) is 4.27. The summed E-state index contributed by atoms with van der Waals surface area (Å²) in [6, 6.07) is 6.66. The van der Waals surface area contributed by atoms with E-state index in [2.05, 4.69) is 0 Å². The predicted octanol–water partition coefficient (Wildman–Crippen LogP) is 3.99. The highest BCUT2D eigenvalue weighted by atomic mass is 19.2. The average molecular weight is 294 g/mol. The standard InChI is InChI=1S/C15H9F3O3/c16-10-5-6-12(9(8-10)4-7-14(19)20)21-13-3-1-2-11(17)15(13)18/h1-8H,(H,19,20). The number of carboxylic acids is 1. The average Bonchev–Trinajstić information content (AvgIpc) is 2.43. The minimum Gasteiger partial charge on any atom is -0.478 e. The molecule has 0 radical (unpaired) electrons. The van der Waals surface area contributed by atoms with Crippen molar-refractivity contribution in [3.05, 3.63) is 65.5 Å². The summed E-state index contributed by atoms with van der Waals surface area (Å²) in [6.07, 6.45) is 1.88. The van der Waals surface area contributed by atoms with E-state index in [4.69, 9.17) is 9.84 Å². The van der Waals surface area contributed by atoms with Gasteiger partial charge in [0, 0.05) is 11.6 Å². The highest BCUT2D eigenvalue weighted by molar-refractivity contribution is 5.85. The van der Waals surface area contributed by atoms with Gasteiger partial charge >= 0.3 is 5.97 Å². The minimum atomic E-state index is -1.23. The molecule has 0 atom stereocenters. The molecule has 0 bridgehead atoms. The molecule has 0 saturated carbocycles. The summed E-state index contributed by atoms with van der Waals surface area (Å²) in [5.41, 5.74) is 0.0843. The molecule has 1 N–H and O–H groups in total. The molecule has 0 aliphatic carbocycles. The maximum Gasteiger partial charge on any atom is 0.328 e. The molecule has 0 fully saturated rings. The Labute approximate surface area is 117 Å². The molecule has 2 rings (SSSR count). The number of carbonyl (C=O) groups is 1. The van der Waals surface area contributed by atoms with Gasteiger partial charge in [-0.3, -0.25) is 0 Å². The zero-order valence-electron chi connectivity index (χ0n) is 10.5. The highest BCUT2D eigenvalue weighted by Crippen LogP contribution is 2.29. The molecule has 21 heavy (non-hydrogen) atoms. The molecular formula is C15H9F3O3. The second kappa shape index (κ2) is 6.13. The van der Waals surface area contributed by atoms with Crippen molar-refractivity contribution < 1.29 is 27.8 Å². The number of hydrogen-bond acceptors (Lipinski definition) is 2. The maximum atomic E-state index is 13.5. The van der Waals surface area contributed by atoms with E-state index < -0.39 is 23.4 Å². The molecule has 0 unspecified atom stereocenters. The number of rotatable bonds is 4. The Morgan fingerprint density at radius 3 is 2.57 bits per heavy atom. The van der Waals surface area contributed by atoms with Crippen LogP contribution >= 0.6 is 0 Å². The van der Waals surface area contributed by atoms with E-state index >= 15 is 0 Å². The Bertz CT molecular complexity index is 711. The number of hydrogen-bond donors (Lipinski definition) is 1. The molecule has 0 aromatic heterocycles. The van der Waals surface area contributed by atoms with Crippen molar-refractivity contribution in [2.75, 3.05) is 0 Å². The summed E-state index contributed by atoms with van der Waals surface area (Å²) in [4.78, 5) is 10.5. The molecule has 108 valence electrons. The SMILES string of the molecule is O=C(O)C=Cc1cc(F)ccc1Oc1cccc(F)c1F. The largest absolute Gasteiger partial charge is 0.478 e. The van der Waals surface area contributed by atoms with Crippen molar-refractivity contribution in [2.45, 2.75) is 0 Å². The van der Waals surface area contributed by atoms with Gasteiger partial charge in [0.15, 0.2) is 11.6 Å². The topological polar surface area (TPSA) is 46.5 Å². The molecule has 2 aromatic carbocycles. The lowest BCUT2D eigenvalue weighted by Crippen LogP contribution is -1.94. The molecule has 6 heteroatoms. The zero-order chi connectivity index (χ0) is 15.4. The fraction of sp³-hybridized carbons (Fsp3) is 0. The number of carboxylic acid groups (broad SMARTS) is 1. The van der Waals surface area contributed by atoms with Crippen LogP contribution in [-0.2, 0) is 4.79 Å². The third-order valence-corrected chi connectivity index (χ3v) is 2.51. The van der Waals surface area contributed by atoms with E-state index in [9.17, 15) is 18.0 Å². The molecule has 0 heterocycles. The summed E-state index contributed by atoms with van der Waals surface area (Å²) >= 11 is 0. The van der Waals surface area contributed by atoms with Gasteiger partial charge in [-0.15, -0.1) is 0 Å². The summed E-state index contributed by atoms with van der Waals surface area (Å²) in [5, 5.41) is 8.57. The van der Waals surface area contributed by atoms with Crippen LogP contribution in [-0.4, -0.2) is 11.1 Å². The van der Waals surface area contributed by atoms with E-state index in [0.717, 1.165) is 30.4 Å². The molecule has 3 nitrogen and oxygen atoms in total. The number of benzene rings is 2. The predicted molar refractivity (Wildman–Crippen MR) is 69.5 cm³/mol. The van der Waals surface area contributed by atoms with Gasteiger partial charge in [0.1, 0.15) is 11.6 Å². The quantitative estimate of drug-likeness (QED) is 0.867. The smallest absolute Gasteiger partial charge is 0.328 e. The summed E-state index contributed by atoms with van der Waals surface area (Å²) in [6.45, 7) is 0.